The molecule has 6 fully saturated rings. The maximum absolute atomic E-state index is 13.6. The molecule has 3 aliphatic heterocycles. The molecule has 0 bridgehead atoms. The van der Waals surface area contributed by atoms with Gasteiger partial charge in [0.2, 0.25) is 23.6 Å². The Hall–Kier alpha value is -4.82. The van der Waals surface area contributed by atoms with Crippen molar-refractivity contribution >= 4 is 83.6 Å². The van der Waals surface area contributed by atoms with Crippen molar-refractivity contribution in [1.82, 2.24) is 20.4 Å². The first-order chi connectivity index (χ1) is 39.8. The van der Waals surface area contributed by atoms with Crippen molar-refractivity contribution in [3.8, 4) is 0 Å². The zero-order valence-electron chi connectivity index (χ0n) is 53.1. The molecule has 3 heterocycles. The Kier molecular flexibility index (Phi) is 29.7. The maximum Gasteiger partial charge on any atom is 1.00 e. The molecule has 0 spiro atoms. The summed E-state index contributed by atoms with van der Waals surface area (Å²) in [4.78, 5) is 88.0. The quantitative estimate of drug-likeness (QED) is 0.0767. The number of rotatable bonds is 8. The molecule has 6 amide bonds. The minimum absolute atomic E-state index is 0. The molecule has 12 nitrogen and oxygen atoms in total. The Morgan fingerprint density at radius 1 is 0.619 bits per heavy atom. The molecule has 0 aromatic heterocycles. The molecule has 2 N–H and O–H groups in total. The molecule has 84 heavy (non-hydrogen) atoms. The number of fused-ring (bicyclic) bond motifs is 2. The van der Waals surface area contributed by atoms with Crippen molar-refractivity contribution < 1.29 is 52.4 Å². The summed E-state index contributed by atoms with van der Waals surface area (Å²) in [7, 11) is 2.15. The van der Waals surface area contributed by atoms with Gasteiger partial charge in [-0.15, -0.1) is 0 Å². The van der Waals surface area contributed by atoms with Gasteiger partial charge in [-0.1, -0.05) is 224 Å². The van der Waals surface area contributed by atoms with Gasteiger partial charge in [0.15, 0.2) is 0 Å². The van der Waals surface area contributed by atoms with Crippen LogP contribution >= 0.6 is 11.6 Å². The predicted octanol–water partition coefficient (Wildman–Crippen LogP) is 11.0. The number of halogens is 1. The Bertz CT molecular complexity index is 2750. The number of hydrogen-bond donors (Lipinski definition) is 2. The van der Waals surface area contributed by atoms with Gasteiger partial charge in [0.05, 0.1) is 43.4 Å². The minimum Gasteiger partial charge on any atom is -0.668 e. The second kappa shape index (κ2) is 35.7. The number of nitrogens with one attached hydrogen (secondary N) is 2. The van der Waals surface area contributed by atoms with Gasteiger partial charge in [0.1, 0.15) is 0 Å². The number of likely N-dealkylation sites (tertiary alicyclic amines) is 2. The van der Waals surface area contributed by atoms with E-state index < -0.39 is 28.8 Å². The molecule has 4 aromatic rings. The van der Waals surface area contributed by atoms with Crippen molar-refractivity contribution in [1.29, 1.82) is 1.34 Å². The second-order valence-corrected chi connectivity index (χ2v) is 34.9. The van der Waals surface area contributed by atoms with E-state index in [2.05, 4.69) is 49.9 Å². The summed E-state index contributed by atoms with van der Waals surface area (Å²) in [6, 6.07) is 33.5. The SMILES string of the molecule is C[Si](C)(C)[N-][Si](C)(C)C.Cc1ccc(C(=O)Cl)cc1.Cc1ccc(C(=O)N[C@H]2CCCCCC[C@H]2C(=O)N2C(=O)[C@@H]3CCCCCC[C@@H]32)cc1.O=C1CC(c2ccccc2)N1C(=O)c1ccccc1.O=C1N[C@H]2CCCCCC[C@@H]12.[3H]B([B])C.[Li+]. The van der Waals surface area contributed by atoms with E-state index in [4.69, 9.17) is 25.3 Å². The first-order valence-corrected chi connectivity index (χ1v) is 37.8. The molecule has 446 valence electrons. The van der Waals surface area contributed by atoms with Gasteiger partial charge in [-0.2, -0.15) is 0 Å². The molecular weight excluding hydrogens is 1090 g/mol. The van der Waals surface area contributed by atoms with Crippen LogP contribution in [0.5, 0.6) is 0 Å². The monoisotopic (exact) mass is 1190 g/mol. The van der Waals surface area contributed by atoms with E-state index in [1.54, 1.807) is 48.1 Å². The Morgan fingerprint density at radius 2 is 1.08 bits per heavy atom. The molecule has 6 aliphatic rings. The van der Waals surface area contributed by atoms with Gasteiger partial charge < -0.3 is 15.3 Å². The first kappa shape index (κ1) is 69.9. The number of carbonyl (C=O) groups excluding carboxylic acids is 7. The summed E-state index contributed by atoms with van der Waals surface area (Å²) in [5.41, 5.74) is 4.97. The van der Waals surface area contributed by atoms with Crippen LogP contribution in [0, 0.1) is 31.6 Å². The van der Waals surface area contributed by atoms with Crippen molar-refractivity contribution in [2.45, 2.75) is 206 Å². The van der Waals surface area contributed by atoms with E-state index >= 15 is 0 Å². The van der Waals surface area contributed by atoms with Gasteiger partial charge in [0.25, 0.3) is 17.1 Å². The standard InChI is InChI=1S/C26H36N2O3.C16H13NO2.C9H15NO.C8H7ClO.C6H18NSi2.CH4B2.Li/c1-18-14-16-19(17-15-18)24(29)27-22-12-8-4-2-6-10-20(22)25(30)28-23-13-9-5-3-7-11-21(23)26(28)31;18-15-11-14(12-7-3-1-4-8-12)17(15)16(19)13-9-5-2-6-10-13;11-9-7-5-3-1-2-4-6-8(7)10-9;1-6-2-4-7(5-3-6)8(9)10;1-8(2,3)7-9(4,5)6;1-3-2;/h14-17,20-23H,2-13H2,1H3,(H,27,29);1-10,14H,11H2;7-8H,1-6H2,(H,10,11);2-5H,1H3;1-6H3;3H,1H3;/q;;;;-1;;+1/t20-,21-,22+,23+;;7-,8+;;;;/m1.1..../s1/i;;;;;3T;. The number of β-lactam (4-membered cyclic amide) rings is 3. The fourth-order valence-corrected chi connectivity index (χ4v) is 20.0. The molecule has 18 heteroatoms. The Labute approximate surface area is 525 Å². The number of aryl methyl sites for hydroxylation is 2. The van der Waals surface area contributed by atoms with Gasteiger partial charge in [-0.25, -0.2) is 0 Å². The number of benzene rings is 4. The zero-order chi connectivity index (χ0) is 61.6. The predicted molar refractivity (Wildman–Crippen MR) is 345 cm³/mol. The molecule has 7 atom stereocenters. The van der Waals surface area contributed by atoms with Crippen LogP contribution in [-0.2, 0) is 19.2 Å². The van der Waals surface area contributed by atoms with E-state index in [0.717, 1.165) is 87.3 Å². The van der Waals surface area contributed by atoms with Crippen molar-refractivity contribution in [3.05, 3.63) is 147 Å². The van der Waals surface area contributed by atoms with Crippen molar-refractivity contribution in [3.63, 3.8) is 0 Å². The van der Waals surface area contributed by atoms with E-state index in [-0.39, 0.29) is 78.4 Å². The summed E-state index contributed by atoms with van der Waals surface area (Å²) >= 11 is 5.22. The van der Waals surface area contributed by atoms with E-state index in [1.807, 2.05) is 86.6 Å². The van der Waals surface area contributed by atoms with Gasteiger partial charge in [-0.3, -0.25) is 43.4 Å². The first-order valence-electron chi connectivity index (χ1n) is 31.1. The third-order valence-electron chi connectivity index (χ3n) is 15.8. The maximum atomic E-state index is 13.6. The average Bonchev–Trinajstić information content (AvgIpc) is 2.47. The van der Waals surface area contributed by atoms with Crippen molar-refractivity contribution in [2.75, 3.05) is 0 Å². The molecule has 4 aromatic carbocycles. The average molecular weight is 1190 g/mol. The van der Waals surface area contributed by atoms with Crippen molar-refractivity contribution in [2.24, 2.45) is 17.8 Å². The second-order valence-electron chi connectivity index (χ2n) is 25.0. The number of amides is 6. The van der Waals surface area contributed by atoms with Crippen LogP contribution in [0.3, 0.4) is 0 Å². The van der Waals surface area contributed by atoms with Crippen LogP contribution in [0.1, 0.15) is 176 Å². The molecule has 3 saturated carbocycles. The fourth-order valence-electron chi connectivity index (χ4n) is 11.9. The van der Waals surface area contributed by atoms with Crippen LogP contribution in [0.25, 0.3) is 4.65 Å². The Balaban J connectivity index is 0.000000244. The Morgan fingerprint density at radius 3 is 1.57 bits per heavy atom. The third-order valence-corrected chi connectivity index (χ3v) is 21.4. The minimum atomic E-state index is -1.11. The molecule has 3 aliphatic carbocycles. The fraction of sp³-hybridized carbons (Fsp3) is 0.530. The van der Waals surface area contributed by atoms with Crippen LogP contribution in [-0.4, -0.2) is 101 Å². The molecule has 1 unspecified atom stereocenters. The summed E-state index contributed by atoms with van der Waals surface area (Å²) < 4.78 is 11.2. The van der Waals surface area contributed by atoms with E-state index in [0.29, 0.717) is 41.0 Å². The number of imide groups is 2. The third kappa shape index (κ3) is 22.8. The molecular formula is C66H93B2ClLiN5O7Si2. The number of carbonyl (C=O) groups is 7. The molecule has 10 rings (SSSR count). The summed E-state index contributed by atoms with van der Waals surface area (Å²) in [6.45, 7) is 19.4. The summed E-state index contributed by atoms with van der Waals surface area (Å²) in [5, 5.41) is 5.74. The largest absolute Gasteiger partial charge is 1.00 e. The van der Waals surface area contributed by atoms with Gasteiger partial charge >= 0.3 is 18.9 Å². The smallest absolute Gasteiger partial charge is 0.668 e. The van der Waals surface area contributed by atoms with Crippen LogP contribution < -0.4 is 29.5 Å². The van der Waals surface area contributed by atoms with Crippen LogP contribution in [0.15, 0.2) is 109 Å². The number of nitrogens with zero attached hydrogens (tertiary/aromatic N) is 3. The topological polar surface area (TPSA) is 164 Å². The van der Waals surface area contributed by atoms with Crippen LogP contribution in [0.4, 0.5) is 0 Å². The molecule has 2 radical (unpaired) electrons. The summed E-state index contributed by atoms with van der Waals surface area (Å²) in [6.07, 6.45) is 20.2. The van der Waals surface area contributed by atoms with E-state index in [9.17, 15) is 33.6 Å². The zero-order valence-corrected chi connectivity index (χ0v) is 54.9. The van der Waals surface area contributed by atoms with Gasteiger partial charge in [0, 0.05) is 36.5 Å². The van der Waals surface area contributed by atoms with Gasteiger partial charge in [-0.05, 0) is 107 Å². The normalized spacial score (nSPS) is 22.8. The molecule has 3 saturated heterocycles. The van der Waals surface area contributed by atoms with E-state index in [1.165, 1.54) is 49.8 Å². The van der Waals surface area contributed by atoms with Crippen LogP contribution in [0.2, 0.25) is 46.1 Å². The number of hydrogen-bond acceptors (Lipinski definition) is 7. The summed E-state index contributed by atoms with van der Waals surface area (Å²) in [5.74, 6) is -0.0308.